The maximum absolute atomic E-state index is 12.8. The van der Waals surface area contributed by atoms with Crippen LogP contribution in [0.5, 0.6) is 0 Å². The minimum atomic E-state index is -3.31. The van der Waals surface area contributed by atoms with E-state index in [2.05, 4.69) is 10.4 Å². The Morgan fingerprint density at radius 3 is 2.48 bits per heavy atom. The normalized spacial score (nSPS) is 14.4. The molecule has 1 aliphatic rings. The molecule has 0 bridgehead atoms. The van der Waals surface area contributed by atoms with E-state index in [1.54, 1.807) is 0 Å². The summed E-state index contributed by atoms with van der Waals surface area (Å²) in [7, 11) is -3.31. The molecule has 0 fully saturated rings. The van der Waals surface area contributed by atoms with E-state index in [1.807, 2.05) is 31.2 Å². The standard InChI is InChI=1S/C19H16N4O5S/c1-12-4-2-3-5-17(12)22-18(15-10-29(27,28)11-16(15)21-22)20-19(24)13-6-8-14(9-7-13)23(25)26/h2-9H,10-11H2,1H3,(H,20,24). The molecule has 0 atom stereocenters. The zero-order valence-electron chi connectivity index (χ0n) is 15.3. The first-order valence-electron chi connectivity index (χ1n) is 8.68. The van der Waals surface area contributed by atoms with Crippen LogP contribution in [0.2, 0.25) is 0 Å². The van der Waals surface area contributed by atoms with Gasteiger partial charge in [0, 0.05) is 23.3 Å². The molecule has 2 aromatic carbocycles. The SMILES string of the molecule is Cc1ccccc1-n1nc2c(c1NC(=O)c1ccc([N+](=O)[O-])cc1)CS(=O)(=O)C2. The summed E-state index contributed by atoms with van der Waals surface area (Å²) >= 11 is 0. The third kappa shape index (κ3) is 3.49. The quantitative estimate of drug-likeness (QED) is 0.519. The molecule has 29 heavy (non-hydrogen) atoms. The van der Waals surface area contributed by atoms with Crippen LogP contribution in [0.25, 0.3) is 5.69 Å². The highest BCUT2D eigenvalue weighted by atomic mass is 32.2. The predicted molar refractivity (Wildman–Crippen MR) is 106 cm³/mol. The van der Waals surface area contributed by atoms with Gasteiger partial charge in [-0.2, -0.15) is 5.10 Å². The van der Waals surface area contributed by atoms with Gasteiger partial charge in [-0.1, -0.05) is 18.2 Å². The Morgan fingerprint density at radius 1 is 1.14 bits per heavy atom. The molecule has 0 aliphatic carbocycles. The molecule has 1 aromatic heterocycles. The third-order valence-electron chi connectivity index (χ3n) is 4.70. The second kappa shape index (κ2) is 6.82. The molecular weight excluding hydrogens is 396 g/mol. The van der Waals surface area contributed by atoms with Gasteiger partial charge in [0.2, 0.25) is 0 Å². The number of non-ortho nitro benzene ring substituents is 1. The summed E-state index contributed by atoms with van der Waals surface area (Å²) in [6, 6.07) is 12.6. The van der Waals surface area contributed by atoms with Gasteiger partial charge in [0.05, 0.1) is 27.8 Å². The number of carbonyl (C=O) groups is 1. The Bertz CT molecular complexity index is 1250. The van der Waals surface area contributed by atoms with Crippen LogP contribution in [0.1, 0.15) is 27.2 Å². The number of nitrogens with one attached hydrogen (secondary N) is 1. The van der Waals surface area contributed by atoms with Crippen LogP contribution in [0, 0.1) is 17.0 Å². The number of carbonyl (C=O) groups excluding carboxylic acids is 1. The highest BCUT2D eigenvalue weighted by Crippen LogP contribution is 2.33. The first-order chi connectivity index (χ1) is 13.7. The van der Waals surface area contributed by atoms with Crippen molar-refractivity contribution in [3.05, 3.63) is 81.0 Å². The zero-order valence-corrected chi connectivity index (χ0v) is 16.1. The molecule has 2 heterocycles. The van der Waals surface area contributed by atoms with Crippen molar-refractivity contribution in [3.8, 4) is 5.69 Å². The highest BCUT2D eigenvalue weighted by Gasteiger charge is 2.33. The molecule has 1 aliphatic heterocycles. The number of sulfone groups is 1. The molecule has 148 valence electrons. The number of hydrogen-bond donors (Lipinski definition) is 1. The number of amides is 1. The molecule has 1 amide bonds. The lowest BCUT2D eigenvalue weighted by molar-refractivity contribution is -0.384. The zero-order chi connectivity index (χ0) is 20.8. The van der Waals surface area contributed by atoms with E-state index in [-0.39, 0.29) is 22.8 Å². The maximum Gasteiger partial charge on any atom is 0.269 e. The Morgan fingerprint density at radius 2 is 1.83 bits per heavy atom. The van der Waals surface area contributed by atoms with Gasteiger partial charge in [-0.25, -0.2) is 13.1 Å². The number of rotatable bonds is 4. The molecule has 10 heteroatoms. The Balaban J connectivity index is 1.75. The minimum Gasteiger partial charge on any atom is -0.306 e. The van der Waals surface area contributed by atoms with Crippen molar-refractivity contribution in [3.63, 3.8) is 0 Å². The molecule has 0 spiro atoms. The smallest absolute Gasteiger partial charge is 0.269 e. The molecule has 9 nitrogen and oxygen atoms in total. The van der Waals surface area contributed by atoms with E-state index in [0.29, 0.717) is 17.1 Å². The second-order valence-electron chi connectivity index (χ2n) is 6.76. The molecule has 0 unspecified atom stereocenters. The van der Waals surface area contributed by atoms with Gasteiger partial charge >= 0.3 is 0 Å². The van der Waals surface area contributed by atoms with Crippen molar-refractivity contribution in [2.75, 3.05) is 5.32 Å². The van der Waals surface area contributed by atoms with Gasteiger partial charge in [-0.3, -0.25) is 14.9 Å². The van der Waals surface area contributed by atoms with Gasteiger partial charge < -0.3 is 5.32 Å². The van der Waals surface area contributed by atoms with Gasteiger partial charge in [0.1, 0.15) is 5.82 Å². The van der Waals surface area contributed by atoms with Crippen LogP contribution in [0.3, 0.4) is 0 Å². The number of para-hydroxylation sites is 1. The molecular formula is C19H16N4O5S. The number of aromatic nitrogens is 2. The number of nitrogens with zero attached hydrogens (tertiary/aromatic N) is 3. The van der Waals surface area contributed by atoms with E-state index < -0.39 is 20.7 Å². The highest BCUT2D eigenvalue weighted by molar-refractivity contribution is 7.90. The van der Waals surface area contributed by atoms with Crippen molar-refractivity contribution in [1.82, 2.24) is 9.78 Å². The first-order valence-corrected chi connectivity index (χ1v) is 10.5. The van der Waals surface area contributed by atoms with Gasteiger partial charge in [-0.05, 0) is 30.7 Å². The van der Waals surface area contributed by atoms with Crippen LogP contribution in [0.4, 0.5) is 11.5 Å². The fourth-order valence-corrected chi connectivity index (χ4v) is 4.75. The van der Waals surface area contributed by atoms with E-state index in [4.69, 9.17) is 0 Å². The van der Waals surface area contributed by atoms with Crippen molar-refractivity contribution in [2.45, 2.75) is 18.4 Å². The molecule has 3 aromatic rings. The molecule has 1 N–H and O–H groups in total. The number of benzene rings is 2. The summed E-state index contributed by atoms with van der Waals surface area (Å²) in [6.07, 6.45) is 0. The van der Waals surface area contributed by atoms with Gasteiger partial charge in [-0.15, -0.1) is 0 Å². The lowest BCUT2D eigenvalue weighted by Gasteiger charge is -2.13. The van der Waals surface area contributed by atoms with Crippen molar-refractivity contribution in [1.29, 1.82) is 0 Å². The Hall–Kier alpha value is -3.53. The minimum absolute atomic E-state index is 0.126. The van der Waals surface area contributed by atoms with E-state index in [1.165, 1.54) is 28.9 Å². The van der Waals surface area contributed by atoms with Gasteiger partial charge in [0.15, 0.2) is 9.84 Å². The van der Waals surface area contributed by atoms with Crippen LogP contribution in [0.15, 0.2) is 48.5 Å². The Kier molecular flexibility index (Phi) is 4.42. The average Bonchev–Trinajstić information content (AvgIpc) is 3.14. The lowest BCUT2D eigenvalue weighted by atomic mass is 10.2. The molecule has 0 saturated carbocycles. The van der Waals surface area contributed by atoms with Crippen molar-refractivity contribution in [2.24, 2.45) is 0 Å². The fourth-order valence-electron chi connectivity index (χ4n) is 3.26. The molecule has 0 radical (unpaired) electrons. The summed E-state index contributed by atoms with van der Waals surface area (Å²) in [4.78, 5) is 23.0. The van der Waals surface area contributed by atoms with Crippen LogP contribution in [-0.4, -0.2) is 29.0 Å². The number of nitro groups is 1. The molecule has 4 rings (SSSR count). The number of hydrogen-bond acceptors (Lipinski definition) is 6. The number of nitro benzene ring substituents is 1. The predicted octanol–water partition coefficient (Wildman–Crippen LogP) is 2.77. The summed E-state index contributed by atoms with van der Waals surface area (Å²) in [5.41, 5.74) is 2.58. The number of aryl methyl sites for hydroxylation is 1. The Labute approximate surface area is 166 Å². The lowest BCUT2D eigenvalue weighted by Crippen LogP contribution is -2.17. The van der Waals surface area contributed by atoms with E-state index in [0.717, 1.165) is 11.3 Å². The topological polar surface area (TPSA) is 124 Å². The van der Waals surface area contributed by atoms with E-state index >= 15 is 0 Å². The monoisotopic (exact) mass is 412 g/mol. The van der Waals surface area contributed by atoms with Crippen molar-refractivity contribution < 1.29 is 18.1 Å². The summed E-state index contributed by atoms with van der Waals surface area (Å²) in [6.45, 7) is 1.89. The third-order valence-corrected chi connectivity index (χ3v) is 6.15. The van der Waals surface area contributed by atoms with Crippen LogP contribution >= 0.6 is 0 Å². The van der Waals surface area contributed by atoms with E-state index in [9.17, 15) is 23.3 Å². The van der Waals surface area contributed by atoms with Crippen LogP contribution in [-0.2, 0) is 21.3 Å². The fraction of sp³-hybridized carbons (Fsp3) is 0.158. The largest absolute Gasteiger partial charge is 0.306 e. The number of fused-ring (bicyclic) bond motifs is 1. The molecule has 0 saturated heterocycles. The first kappa shape index (κ1) is 18.8. The van der Waals surface area contributed by atoms with Gasteiger partial charge in [0.25, 0.3) is 11.6 Å². The number of anilines is 1. The summed E-state index contributed by atoms with van der Waals surface area (Å²) < 4.78 is 25.6. The van der Waals surface area contributed by atoms with Crippen molar-refractivity contribution >= 4 is 27.2 Å². The summed E-state index contributed by atoms with van der Waals surface area (Å²) in [5.74, 6) is -0.605. The van der Waals surface area contributed by atoms with Crippen LogP contribution < -0.4 is 5.32 Å². The average molecular weight is 412 g/mol. The maximum atomic E-state index is 12.8. The second-order valence-corrected chi connectivity index (χ2v) is 8.83. The summed E-state index contributed by atoms with van der Waals surface area (Å²) in [5, 5.41) is 18.0.